The Kier molecular flexibility index (Phi) is 5.67. The van der Waals surface area contributed by atoms with Gasteiger partial charge < -0.3 is 5.11 Å². The van der Waals surface area contributed by atoms with Crippen molar-refractivity contribution >= 4 is 15.9 Å². The molecule has 0 aliphatic heterocycles. The van der Waals surface area contributed by atoms with Gasteiger partial charge in [-0.3, -0.25) is 4.68 Å². The van der Waals surface area contributed by atoms with Gasteiger partial charge in [-0.15, -0.1) is 0 Å². The number of aliphatic hydroxyl groups excluding tert-OH is 1. The molecule has 1 aromatic rings. The van der Waals surface area contributed by atoms with E-state index in [0.717, 1.165) is 28.2 Å². The minimum atomic E-state index is -0.235. The highest BCUT2D eigenvalue weighted by molar-refractivity contribution is 9.10. The number of rotatable bonds is 5. The van der Waals surface area contributed by atoms with Crippen molar-refractivity contribution in [1.29, 1.82) is 0 Å². The van der Waals surface area contributed by atoms with E-state index < -0.39 is 0 Å². The SMILES string of the molecule is CCc1nn(C)c(CC(O)C2CCCC(CC)C2)c1Br. The smallest absolute Gasteiger partial charge is 0.0766 e. The third-order valence-electron chi connectivity index (χ3n) is 4.85. The van der Waals surface area contributed by atoms with Gasteiger partial charge in [0.2, 0.25) is 0 Å². The number of aryl methyl sites for hydroxylation is 2. The second-order valence-corrected chi connectivity index (χ2v) is 6.95. The van der Waals surface area contributed by atoms with Gasteiger partial charge in [0, 0.05) is 13.5 Å². The Labute approximate surface area is 130 Å². The molecule has 1 aliphatic carbocycles. The van der Waals surface area contributed by atoms with E-state index in [1.165, 1.54) is 32.1 Å². The van der Waals surface area contributed by atoms with Crippen LogP contribution in [-0.4, -0.2) is 21.0 Å². The summed E-state index contributed by atoms with van der Waals surface area (Å²) in [5.74, 6) is 1.27. The van der Waals surface area contributed by atoms with Gasteiger partial charge in [0.05, 0.1) is 22.0 Å². The van der Waals surface area contributed by atoms with Crippen LogP contribution in [0.3, 0.4) is 0 Å². The molecule has 1 N–H and O–H groups in total. The average molecular weight is 343 g/mol. The molecular weight excluding hydrogens is 316 g/mol. The van der Waals surface area contributed by atoms with Crippen LogP contribution in [0, 0.1) is 11.8 Å². The van der Waals surface area contributed by atoms with Gasteiger partial charge in [0.1, 0.15) is 0 Å². The Bertz CT molecular complexity index is 444. The molecule has 114 valence electrons. The number of nitrogens with zero attached hydrogens (tertiary/aromatic N) is 2. The molecule has 3 atom stereocenters. The summed E-state index contributed by atoms with van der Waals surface area (Å²) in [6.45, 7) is 4.38. The zero-order chi connectivity index (χ0) is 14.7. The fourth-order valence-electron chi connectivity index (χ4n) is 3.46. The van der Waals surface area contributed by atoms with E-state index >= 15 is 0 Å². The molecule has 0 radical (unpaired) electrons. The molecule has 1 aromatic heterocycles. The first kappa shape index (κ1) is 16.0. The Morgan fingerprint density at radius 3 is 2.75 bits per heavy atom. The maximum atomic E-state index is 10.6. The van der Waals surface area contributed by atoms with Crippen molar-refractivity contribution in [3.05, 3.63) is 15.9 Å². The van der Waals surface area contributed by atoms with Crippen molar-refractivity contribution < 1.29 is 5.11 Å². The van der Waals surface area contributed by atoms with Crippen molar-refractivity contribution in [3.63, 3.8) is 0 Å². The fourth-order valence-corrected chi connectivity index (χ4v) is 4.24. The van der Waals surface area contributed by atoms with E-state index in [1.807, 2.05) is 11.7 Å². The van der Waals surface area contributed by atoms with E-state index in [2.05, 4.69) is 34.9 Å². The van der Waals surface area contributed by atoms with Gasteiger partial charge in [-0.25, -0.2) is 0 Å². The maximum absolute atomic E-state index is 10.6. The van der Waals surface area contributed by atoms with Crippen molar-refractivity contribution in [2.24, 2.45) is 18.9 Å². The summed E-state index contributed by atoms with van der Waals surface area (Å²) >= 11 is 3.65. The van der Waals surface area contributed by atoms with Crippen LogP contribution in [0.25, 0.3) is 0 Å². The Morgan fingerprint density at radius 2 is 2.15 bits per heavy atom. The van der Waals surface area contributed by atoms with Gasteiger partial charge in [-0.1, -0.05) is 33.1 Å². The molecule has 1 heterocycles. The number of aliphatic hydroxyl groups is 1. The Hall–Kier alpha value is -0.350. The summed E-state index contributed by atoms with van der Waals surface area (Å²) in [7, 11) is 1.97. The molecule has 3 nitrogen and oxygen atoms in total. The first-order valence-electron chi connectivity index (χ1n) is 7.95. The number of aromatic nitrogens is 2. The lowest BCUT2D eigenvalue weighted by molar-refractivity contribution is 0.0669. The second kappa shape index (κ2) is 7.08. The quantitative estimate of drug-likeness (QED) is 0.881. The monoisotopic (exact) mass is 342 g/mol. The largest absolute Gasteiger partial charge is 0.392 e. The normalized spacial score (nSPS) is 24.9. The molecule has 1 fully saturated rings. The molecule has 0 bridgehead atoms. The standard InChI is InChI=1S/C16H27BrN2O/c1-4-11-7-6-8-12(9-11)15(20)10-14-16(17)13(5-2)18-19(14)3/h11-12,15,20H,4-10H2,1-3H3. The van der Waals surface area contributed by atoms with Gasteiger partial charge in [-0.05, 0) is 47.0 Å². The minimum Gasteiger partial charge on any atom is -0.392 e. The topological polar surface area (TPSA) is 38.0 Å². The molecular formula is C16H27BrN2O. The fraction of sp³-hybridized carbons (Fsp3) is 0.812. The first-order chi connectivity index (χ1) is 9.56. The maximum Gasteiger partial charge on any atom is 0.0766 e. The van der Waals surface area contributed by atoms with Crippen molar-refractivity contribution in [2.75, 3.05) is 0 Å². The third-order valence-corrected chi connectivity index (χ3v) is 5.77. The summed E-state index contributed by atoms with van der Waals surface area (Å²) in [6.07, 6.45) is 7.63. The summed E-state index contributed by atoms with van der Waals surface area (Å²) in [6, 6.07) is 0. The van der Waals surface area contributed by atoms with Crippen LogP contribution in [0.15, 0.2) is 4.47 Å². The number of hydrogen-bond donors (Lipinski definition) is 1. The summed E-state index contributed by atoms with van der Waals surface area (Å²) in [4.78, 5) is 0. The predicted octanol–water partition coefficient (Wildman–Crippen LogP) is 3.86. The molecule has 0 spiro atoms. The zero-order valence-electron chi connectivity index (χ0n) is 12.9. The van der Waals surface area contributed by atoms with Crippen LogP contribution in [0.1, 0.15) is 57.3 Å². The van der Waals surface area contributed by atoms with Crippen LogP contribution < -0.4 is 0 Å². The minimum absolute atomic E-state index is 0.235. The van der Waals surface area contributed by atoms with Crippen molar-refractivity contribution in [2.45, 2.75) is 64.9 Å². The number of hydrogen-bond acceptors (Lipinski definition) is 2. The lowest BCUT2D eigenvalue weighted by Gasteiger charge is -2.31. The average Bonchev–Trinajstić information content (AvgIpc) is 2.74. The van der Waals surface area contributed by atoms with Crippen LogP contribution in [0.5, 0.6) is 0 Å². The Morgan fingerprint density at radius 1 is 1.40 bits per heavy atom. The van der Waals surface area contributed by atoms with Crippen molar-refractivity contribution in [3.8, 4) is 0 Å². The molecule has 20 heavy (non-hydrogen) atoms. The predicted molar refractivity (Wildman–Crippen MR) is 85.7 cm³/mol. The third kappa shape index (κ3) is 3.45. The van der Waals surface area contributed by atoms with Crippen LogP contribution in [-0.2, 0) is 19.9 Å². The van der Waals surface area contributed by atoms with Crippen LogP contribution in [0.4, 0.5) is 0 Å². The highest BCUT2D eigenvalue weighted by Gasteiger charge is 2.28. The summed E-state index contributed by atoms with van der Waals surface area (Å²) in [5.41, 5.74) is 2.22. The van der Waals surface area contributed by atoms with Gasteiger partial charge in [0.25, 0.3) is 0 Å². The summed E-state index contributed by atoms with van der Waals surface area (Å²) in [5, 5.41) is 15.1. The van der Waals surface area contributed by atoms with Crippen LogP contribution in [0.2, 0.25) is 0 Å². The van der Waals surface area contributed by atoms with Gasteiger partial charge in [0.15, 0.2) is 0 Å². The molecule has 1 aliphatic rings. The molecule has 4 heteroatoms. The molecule has 0 aromatic carbocycles. The highest BCUT2D eigenvalue weighted by Crippen LogP contribution is 2.34. The molecule has 0 saturated heterocycles. The second-order valence-electron chi connectivity index (χ2n) is 6.16. The highest BCUT2D eigenvalue weighted by atomic mass is 79.9. The van der Waals surface area contributed by atoms with Gasteiger partial charge in [-0.2, -0.15) is 5.10 Å². The number of halogens is 1. The molecule has 1 saturated carbocycles. The van der Waals surface area contributed by atoms with E-state index in [9.17, 15) is 5.11 Å². The zero-order valence-corrected chi connectivity index (χ0v) is 14.5. The van der Waals surface area contributed by atoms with Crippen LogP contribution >= 0.6 is 15.9 Å². The van der Waals surface area contributed by atoms with Gasteiger partial charge >= 0.3 is 0 Å². The van der Waals surface area contributed by atoms with Crippen molar-refractivity contribution in [1.82, 2.24) is 9.78 Å². The van der Waals surface area contributed by atoms with E-state index in [0.29, 0.717) is 12.3 Å². The molecule has 2 rings (SSSR count). The van der Waals surface area contributed by atoms with E-state index in [-0.39, 0.29) is 6.10 Å². The lowest BCUT2D eigenvalue weighted by Crippen LogP contribution is -2.29. The molecule has 3 unspecified atom stereocenters. The summed E-state index contributed by atoms with van der Waals surface area (Å²) < 4.78 is 3.01. The first-order valence-corrected chi connectivity index (χ1v) is 8.74. The van der Waals surface area contributed by atoms with E-state index in [1.54, 1.807) is 0 Å². The molecule has 0 amide bonds. The van der Waals surface area contributed by atoms with E-state index in [4.69, 9.17) is 0 Å². The Balaban J connectivity index is 2.04. The lowest BCUT2D eigenvalue weighted by atomic mass is 9.77.